The fourth-order valence-corrected chi connectivity index (χ4v) is 4.79. The summed E-state index contributed by atoms with van der Waals surface area (Å²) in [6.45, 7) is 1.87. The summed E-state index contributed by atoms with van der Waals surface area (Å²) in [6.07, 6.45) is 0. The first kappa shape index (κ1) is 18.3. The maximum Gasteiger partial charge on any atom is 0.261 e. The second-order valence-corrected chi connectivity index (χ2v) is 9.10. The number of ether oxygens (including phenoxy) is 1. The van der Waals surface area contributed by atoms with Gasteiger partial charge in [-0.1, -0.05) is 23.7 Å². The summed E-state index contributed by atoms with van der Waals surface area (Å²) in [6, 6.07) is 9.87. The zero-order chi connectivity index (χ0) is 17.9. The predicted octanol–water partition coefficient (Wildman–Crippen LogP) is 2.35. The van der Waals surface area contributed by atoms with Gasteiger partial charge in [0.05, 0.1) is 27.3 Å². The number of nitrogens with zero attached hydrogens (tertiary/aromatic N) is 1. The molecule has 0 bridgehead atoms. The number of carbonyl (C=O) groups excluding carboxylic acids is 1. The van der Waals surface area contributed by atoms with Crippen molar-refractivity contribution >= 4 is 38.9 Å². The van der Waals surface area contributed by atoms with Crippen LogP contribution < -0.4 is 5.32 Å². The fraction of sp³-hybridized carbons (Fsp3) is 0.312. The van der Waals surface area contributed by atoms with Crippen molar-refractivity contribution in [1.82, 2.24) is 9.62 Å². The molecule has 1 fully saturated rings. The minimum Gasteiger partial charge on any atom is -0.379 e. The van der Waals surface area contributed by atoms with Gasteiger partial charge in [0.1, 0.15) is 0 Å². The first-order valence-corrected chi connectivity index (χ1v) is 10.3. The molecular weight excluding hydrogens is 384 g/mol. The Bertz CT molecular complexity index is 843. The van der Waals surface area contributed by atoms with Crippen molar-refractivity contribution in [3.05, 3.63) is 51.2 Å². The van der Waals surface area contributed by atoms with Crippen molar-refractivity contribution in [2.75, 3.05) is 26.3 Å². The molecule has 1 aromatic carbocycles. The summed E-state index contributed by atoms with van der Waals surface area (Å²) in [5.74, 6) is -0.207. The Balaban J connectivity index is 1.63. The minimum absolute atomic E-state index is 0.207. The van der Waals surface area contributed by atoms with E-state index in [2.05, 4.69) is 5.32 Å². The highest BCUT2D eigenvalue weighted by Crippen LogP contribution is 2.21. The van der Waals surface area contributed by atoms with Crippen LogP contribution >= 0.6 is 22.9 Å². The number of rotatable bonds is 5. The lowest BCUT2D eigenvalue weighted by Crippen LogP contribution is -2.40. The van der Waals surface area contributed by atoms with Crippen LogP contribution in [0.3, 0.4) is 0 Å². The van der Waals surface area contributed by atoms with Gasteiger partial charge in [-0.3, -0.25) is 4.79 Å². The monoisotopic (exact) mass is 400 g/mol. The summed E-state index contributed by atoms with van der Waals surface area (Å²) < 4.78 is 32.3. The fourth-order valence-electron chi connectivity index (χ4n) is 2.42. The van der Waals surface area contributed by atoms with Crippen LogP contribution in [0, 0.1) is 0 Å². The van der Waals surface area contributed by atoms with Crippen molar-refractivity contribution in [2.24, 2.45) is 0 Å². The highest BCUT2D eigenvalue weighted by molar-refractivity contribution is 7.89. The van der Waals surface area contributed by atoms with Gasteiger partial charge in [-0.15, -0.1) is 11.3 Å². The lowest BCUT2D eigenvalue weighted by Gasteiger charge is -2.26. The quantitative estimate of drug-likeness (QED) is 0.835. The first-order chi connectivity index (χ1) is 12.0. The lowest BCUT2D eigenvalue weighted by atomic mass is 10.2. The molecule has 1 N–H and O–H groups in total. The van der Waals surface area contributed by atoms with Crippen LogP contribution in [0.1, 0.15) is 15.2 Å². The van der Waals surface area contributed by atoms with E-state index in [-0.39, 0.29) is 10.8 Å². The molecule has 1 amide bonds. The zero-order valence-corrected chi connectivity index (χ0v) is 15.7. The van der Waals surface area contributed by atoms with E-state index in [1.54, 1.807) is 36.4 Å². The van der Waals surface area contributed by atoms with Crippen LogP contribution in [-0.2, 0) is 21.3 Å². The summed E-state index contributed by atoms with van der Waals surface area (Å²) >= 11 is 7.03. The molecule has 6 nitrogen and oxygen atoms in total. The third kappa shape index (κ3) is 4.39. The highest BCUT2D eigenvalue weighted by Gasteiger charge is 2.26. The Labute approximate surface area is 155 Å². The molecule has 25 heavy (non-hydrogen) atoms. The molecule has 1 aliphatic rings. The van der Waals surface area contributed by atoms with E-state index < -0.39 is 10.0 Å². The van der Waals surface area contributed by atoms with Gasteiger partial charge in [-0.2, -0.15) is 4.31 Å². The van der Waals surface area contributed by atoms with Gasteiger partial charge >= 0.3 is 0 Å². The van der Waals surface area contributed by atoms with Crippen LogP contribution in [0.4, 0.5) is 0 Å². The third-order valence-electron chi connectivity index (χ3n) is 3.78. The number of sulfonamides is 1. The Morgan fingerprint density at radius 2 is 1.84 bits per heavy atom. The van der Waals surface area contributed by atoms with Gasteiger partial charge < -0.3 is 10.1 Å². The van der Waals surface area contributed by atoms with Crippen LogP contribution in [0.25, 0.3) is 0 Å². The smallest absolute Gasteiger partial charge is 0.261 e. The standard InChI is InChI=1S/C16H17ClN2O4S2/c17-15-6-5-14(24-15)16(20)18-11-12-1-3-13(4-2-12)25(21,22)19-7-9-23-10-8-19/h1-6H,7-11H2,(H,18,20). The van der Waals surface area contributed by atoms with E-state index in [9.17, 15) is 13.2 Å². The van der Waals surface area contributed by atoms with Crippen molar-refractivity contribution in [3.63, 3.8) is 0 Å². The number of morpholine rings is 1. The number of thiophene rings is 1. The van der Waals surface area contributed by atoms with E-state index in [4.69, 9.17) is 16.3 Å². The molecule has 1 aromatic heterocycles. The van der Waals surface area contributed by atoms with Crippen molar-refractivity contribution < 1.29 is 17.9 Å². The summed E-state index contributed by atoms with van der Waals surface area (Å²) in [4.78, 5) is 12.8. The Morgan fingerprint density at radius 3 is 2.44 bits per heavy atom. The Kier molecular flexibility index (Phi) is 5.75. The van der Waals surface area contributed by atoms with Crippen molar-refractivity contribution in [2.45, 2.75) is 11.4 Å². The number of benzene rings is 1. The van der Waals surface area contributed by atoms with Gasteiger partial charge in [-0.25, -0.2) is 8.42 Å². The van der Waals surface area contributed by atoms with E-state index in [0.717, 1.165) is 5.56 Å². The second-order valence-electron chi connectivity index (χ2n) is 5.45. The molecular formula is C16H17ClN2O4S2. The number of carbonyl (C=O) groups is 1. The molecule has 0 atom stereocenters. The van der Waals surface area contributed by atoms with Gasteiger partial charge in [0.15, 0.2) is 0 Å². The molecule has 1 saturated heterocycles. The topological polar surface area (TPSA) is 75.7 Å². The molecule has 134 valence electrons. The van der Waals surface area contributed by atoms with Crippen LogP contribution in [-0.4, -0.2) is 44.9 Å². The first-order valence-electron chi connectivity index (χ1n) is 7.67. The molecule has 0 radical (unpaired) electrons. The molecule has 0 spiro atoms. The van der Waals surface area contributed by atoms with Crippen LogP contribution in [0.15, 0.2) is 41.3 Å². The van der Waals surface area contributed by atoms with Gasteiger partial charge in [0.25, 0.3) is 5.91 Å². The normalized spacial score (nSPS) is 15.9. The Morgan fingerprint density at radius 1 is 1.16 bits per heavy atom. The number of hydrogen-bond acceptors (Lipinski definition) is 5. The lowest BCUT2D eigenvalue weighted by molar-refractivity contribution is 0.0730. The summed E-state index contributed by atoms with van der Waals surface area (Å²) in [5.41, 5.74) is 0.817. The van der Waals surface area contributed by atoms with Crippen LogP contribution in [0.2, 0.25) is 4.34 Å². The van der Waals surface area contributed by atoms with E-state index >= 15 is 0 Å². The van der Waals surface area contributed by atoms with E-state index in [1.807, 2.05) is 0 Å². The molecule has 0 unspecified atom stereocenters. The number of nitrogens with one attached hydrogen (secondary N) is 1. The number of halogens is 1. The van der Waals surface area contributed by atoms with Gasteiger partial charge in [-0.05, 0) is 29.8 Å². The second kappa shape index (κ2) is 7.84. The van der Waals surface area contributed by atoms with Crippen LogP contribution in [0.5, 0.6) is 0 Å². The maximum absolute atomic E-state index is 12.5. The third-order valence-corrected chi connectivity index (χ3v) is 6.92. The summed E-state index contributed by atoms with van der Waals surface area (Å²) in [7, 11) is -3.50. The average molecular weight is 401 g/mol. The summed E-state index contributed by atoms with van der Waals surface area (Å²) in [5, 5.41) is 2.79. The van der Waals surface area contributed by atoms with Crippen molar-refractivity contribution in [1.29, 1.82) is 0 Å². The van der Waals surface area contributed by atoms with E-state index in [1.165, 1.54) is 15.6 Å². The van der Waals surface area contributed by atoms with Crippen molar-refractivity contribution in [3.8, 4) is 0 Å². The molecule has 2 heterocycles. The molecule has 1 aliphatic heterocycles. The van der Waals surface area contributed by atoms with E-state index in [0.29, 0.717) is 42.1 Å². The zero-order valence-electron chi connectivity index (χ0n) is 13.3. The number of amides is 1. The number of hydrogen-bond donors (Lipinski definition) is 1. The maximum atomic E-state index is 12.5. The molecule has 9 heteroatoms. The van der Waals surface area contributed by atoms with Gasteiger partial charge in [0.2, 0.25) is 10.0 Å². The molecule has 0 aliphatic carbocycles. The molecule has 2 aromatic rings. The average Bonchev–Trinajstić information content (AvgIpc) is 3.07. The molecule has 0 saturated carbocycles. The Hall–Kier alpha value is -1.45. The molecule has 3 rings (SSSR count). The largest absolute Gasteiger partial charge is 0.379 e. The predicted molar refractivity (Wildman–Crippen MR) is 96.5 cm³/mol. The minimum atomic E-state index is -3.50. The highest BCUT2D eigenvalue weighted by atomic mass is 35.5. The SMILES string of the molecule is O=C(NCc1ccc(S(=O)(=O)N2CCOCC2)cc1)c1ccc(Cl)s1. The van der Waals surface area contributed by atoms with Gasteiger partial charge in [0, 0.05) is 19.6 Å².